The van der Waals surface area contributed by atoms with Crippen molar-refractivity contribution < 1.29 is 23.8 Å². The minimum atomic E-state index is -1.01. The van der Waals surface area contributed by atoms with Crippen LogP contribution in [0.2, 0.25) is 0 Å². The summed E-state index contributed by atoms with van der Waals surface area (Å²) < 4.78 is 11.4. The topological polar surface area (TPSA) is 102 Å². The van der Waals surface area contributed by atoms with Crippen LogP contribution in [-0.2, 0) is 17.6 Å². The third kappa shape index (κ3) is 6.63. The fourth-order valence-corrected chi connectivity index (χ4v) is 4.31. The molecule has 0 saturated heterocycles. The monoisotopic (exact) mass is 532 g/mol. The molecule has 0 aliphatic heterocycles. The van der Waals surface area contributed by atoms with Crippen LogP contribution >= 0.6 is 0 Å². The molecule has 0 saturated carbocycles. The van der Waals surface area contributed by atoms with Crippen molar-refractivity contribution in [1.82, 2.24) is 4.98 Å². The van der Waals surface area contributed by atoms with Gasteiger partial charge in [0.1, 0.15) is 18.1 Å². The highest BCUT2D eigenvalue weighted by Gasteiger charge is 2.21. The Hall–Kier alpha value is -5.17. The number of nitrogens with zero attached hydrogens (tertiary/aromatic N) is 1. The van der Waals surface area contributed by atoms with Crippen LogP contribution in [0.25, 0.3) is 11.5 Å². The van der Waals surface area contributed by atoms with E-state index >= 15 is 0 Å². The molecule has 1 unspecified atom stereocenters. The van der Waals surface area contributed by atoms with E-state index in [1.807, 2.05) is 60.7 Å². The number of carbonyl (C=O) groups is 2. The van der Waals surface area contributed by atoms with Crippen LogP contribution in [0, 0.1) is 0 Å². The highest BCUT2D eigenvalue weighted by Crippen LogP contribution is 2.22. The van der Waals surface area contributed by atoms with Crippen molar-refractivity contribution in [3.63, 3.8) is 0 Å². The van der Waals surface area contributed by atoms with Crippen molar-refractivity contribution in [1.29, 1.82) is 0 Å². The molecule has 0 fully saturated rings. The standard InChI is InChI=1S/C33H28N2O5/c36-31(24-9-3-1-4-10-24)28-13-7-8-14-29(28)35-30(33(37)38)21-23-15-17-27(18-16-23)39-20-19-26-22-40-32(34-26)25-11-5-2-6-12-25/h1-18,22,30,35H,19-21H2,(H,37,38). The largest absolute Gasteiger partial charge is 0.493 e. The van der Waals surface area contributed by atoms with Crippen molar-refractivity contribution in [3.05, 3.63) is 138 Å². The van der Waals surface area contributed by atoms with Crippen LogP contribution in [0.15, 0.2) is 120 Å². The second-order valence-corrected chi connectivity index (χ2v) is 9.23. The first-order valence-electron chi connectivity index (χ1n) is 13.0. The molecule has 7 heteroatoms. The maximum absolute atomic E-state index is 13.0. The molecule has 0 aliphatic rings. The van der Waals surface area contributed by atoms with Crippen molar-refractivity contribution in [2.45, 2.75) is 18.9 Å². The fourth-order valence-electron chi connectivity index (χ4n) is 4.31. The van der Waals surface area contributed by atoms with E-state index in [1.165, 1.54) is 0 Å². The van der Waals surface area contributed by atoms with Crippen molar-refractivity contribution in [2.24, 2.45) is 0 Å². The number of hydrogen-bond acceptors (Lipinski definition) is 6. The summed E-state index contributed by atoms with van der Waals surface area (Å²) in [6.45, 7) is 0.422. The number of hydrogen-bond donors (Lipinski definition) is 2. The van der Waals surface area contributed by atoms with Gasteiger partial charge in [0.05, 0.1) is 12.3 Å². The Morgan fingerprint density at radius 1 is 0.850 bits per heavy atom. The van der Waals surface area contributed by atoms with Gasteiger partial charge in [0.15, 0.2) is 5.78 Å². The zero-order chi connectivity index (χ0) is 27.7. The van der Waals surface area contributed by atoms with Gasteiger partial charge in [-0.1, -0.05) is 72.8 Å². The second-order valence-electron chi connectivity index (χ2n) is 9.23. The molecule has 5 aromatic rings. The smallest absolute Gasteiger partial charge is 0.326 e. The third-order valence-corrected chi connectivity index (χ3v) is 6.40. The number of para-hydroxylation sites is 1. The molecule has 40 heavy (non-hydrogen) atoms. The van der Waals surface area contributed by atoms with E-state index in [0.717, 1.165) is 16.8 Å². The first-order valence-corrected chi connectivity index (χ1v) is 13.0. The Balaban J connectivity index is 1.18. The van der Waals surface area contributed by atoms with E-state index in [1.54, 1.807) is 54.8 Å². The summed E-state index contributed by atoms with van der Waals surface area (Å²) in [4.78, 5) is 29.7. The highest BCUT2D eigenvalue weighted by atomic mass is 16.5. The van der Waals surface area contributed by atoms with E-state index in [9.17, 15) is 14.7 Å². The molecule has 1 heterocycles. The minimum absolute atomic E-state index is 0.170. The van der Waals surface area contributed by atoms with Crippen LogP contribution < -0.4 is 10.1 Å². The van der Waals surface area contributed by atoms with Crippen LogP contribution in [0.3, 0.4) is 0 Å². The number of benzene rings is 4. The Morgan fingerprint density at radius 2 is 1.52 bits per heavy atom. The number of ketones is 1. The average Bonchev–Trinajstić information content (AvgIpc) is 3.47. The number of aromatic nitrogens is 1. The third-order valence-electron chi connectivity index (χ3n) is 6.40. The quantitative estimate of drug-likeness (QED) is 0.182. The Kier molecular flexibility index (Phi) is 8.32. The van der Waals surface area contributed by atoms with Crippen LogP contribution in [0.4, 0.5) is 5.69 Å². The molecule has 2 N–H and O–H groups in total. The van der Waals surface area contributed by atoms with E-state index in [4.69, 9.17) is 9.15 Å². The summed E-state index contributed by atoms with van der Waals surface area (Å²) in [5.74, 6) is 0.0730. The molecule has 4 aromatic carbocycles. The van der Waals surface area contributed by atoms with Gasteiger partial charge in [-0.25, -0.2) is 9.78 Å². The number of carboxylic acid groups (broad SMARTS) is 1. The van der Waals surface area contributed by atoms with Crippen LogP contribution in [0.5, 0.6) is 5.75 Å². The molecule has 1 aromatic heterocycles. The van der Waals surface area contributed by atoms with Gasteiger partial charge in [-0.15, -0.1) is 0 Å². The second kappa shape index (κ2) is 12.6. The minimum Gasteiger partial charge on any atom is -0.493 e. The van der Waals surface area contributed by atoms with Gasteiger partial charge in [0.25, 0.3) is 0 Å². The van der Waals surface area contributed by atoms with E-state index in [2.05, 4.69) is 10.3 Å². The molecule has 7 nitrogen and oxygen atoms in total. The first-order chi connectivity index (χ1) is 19.6. The van der Waals surface area contributed by atoms with Gasteiger partial charge in [-0.3, -0.25) is 4.79 Å². The lowest BCUT2D eigenvalue weighted by atomic mass is 10.00. The van der Waals surface area contributed by atoms with Crippen LogP contribution in [0.1, 0.15) is 27.2 Å². The Labute approximate surface area is 232 Å². The fraction of sp³-hybridized carbons (Fsp3) is 0.121. The van der Waals surface area contributed by atoms with E-state index in [0.29, 0.717) is 41.5 Å². The maximum Gasteiger partial charge on any atom is 0.326 e. The number of carboxylic acids is 1. The van der Waals surface area contributed by atoms with Crippen molar-refractivity contribution in [2.75, 3.05) is 11.9 Å². The zero-order valence-corrected chi connectivity index (χ0v) is 21.7. The molecular formula is C33H28N2O5. The number of nitrogens with one attached hydrogen (secondary N) is 1. The summed E-state index contributed by atoms with van der Waals surface area (Å²) in [5.41, 5.74) is 3.99. The predicted octanol–water partition coefficient (Wildman–Crippen LogP) is 6.30. The van der Waals surface area contributed by atoms with Crippen LogP contribution in [-0.4, -0.2) is 34.5 Å². The Morgan fingerprint density at radius 3 is 2.25 bits per heavy atom. The average molecular weight is 533 g/mol. The molecule has 0 bridgehead atoms. The first kappa shape index (κ1) is 26.4. The molecule has 1 atom stereocenters. The van der Waals surface area contributed by atoms with Gasteiger partial charge in [0, 0.05) is 35.2 Å². The van der Waals surface area contributed by atoms with E-state index < -0.39 is 12.0 Å². The summed E-state index contributed by atoms with van der Waals surface area (Å²) in [7, 11) is 0. The lowest BCUT2D eigenvalue weighted by Crippen LogP contribution is -2.32. The molecule has 0 spiro atoms. The molecular weight excluding hydrogens is 504 g/mol. The molecule has 0 aliphatic carbocycles. The van der Waals surface area contributed by atoms with Gasteiger partial charge in [-0.05, 0) is 42.0 Å². The van der Waals surface area contributed by atoms with E-state index in [-0.39, 0.29) is 12.2 Å². The normalized spacial score (nSPS) is 11.5. The van der Waals surface area contributed by atoms with Crippen molar-refractivity contribution in [3.8, 4) is 17.2 Å². The summed E-state index contributed by atoms with van der Waals surface area (Å²) >= 11 is 0. The molecule has 5 rings (SSSR count). The maximum atomic E-state index is 13.0. The summed E-state index contributed by atoms with van der Waals surface area (Å²) in [5, 5.41) is 13.0. The van der Waals surface area contributed by atoms with Gasteiger partial charge >= 0.3 is 5.97 Å². The molecule has 0 amide bonds. The highest BCUT2D eigenvalue weighted by molar-refractivity contribution is 6.12. The number of carbonyl (C=O) groups excluding carboxylic acids is 1. The lowest BCUT2D eigenvalue weighted by molar-refractivity contribution is -0.137. The van der Waals surface area contributed by atoms with Gasteiger partial charge in [0.2, 0.25) is 5.89 Å². The lowest BCUT2D eigenvalue weighted by Gasteiger charge is -2.18. The molecule has 200 valence electrons. The van der Waals surface area contributed by atoms with Gasteiger partial charge < -0.3 is 19.6 Å². The summed E-state index contributed by atoms with van der Waals surface area (Å²) in [6.07, 6.45) is 2.45. The number of ether oxygens (including phenoxy) is 1. The molecule has 0 radical (unpaired) electrons. The number of rotatable bonds is 12. The number of oxazole rings is 1. The van der Waals surface area contributed by atoms with Gasteiger partial charge in [-0.2, -0.15) is 0 Å². The zero-order valence-electron chi connectivity index (χ0n) is 21.7. The SMILES string of the molecule is O=C(c1ccccc1)c1ccccc1NC(Cc1ccc(OCCc2coc(-c3ccccc3)n2)cc1)C(=O)O. The van der Waals surface area contributed by atoms with Crippen molar-refractivity contribution >= 4 is 17.4 Å². The summed E-state index contributed by atoms with van der Waals surface area (Å²) in [6, 6.07) is 32.0. The number of anilines is 1. The predicted molar refractivity (Wildman–Crippen MR) is 153 cm³/mol. The number of aliphatic carboxylic acids is 1. The Bertz CT molecular complexity index is 1560.